The number of hydrogen-bond acceptors (Lipinski definition) is 7. The number of rotatable bonds is 7. The van der Waals surface area contributed by atoms with Crippen LogP contribution in [-0.4, -0.2) is 32.1 Å². The molecule has 10 heteroatoms. The van der Waals surface area contributed by atoms with Gasteiger partial charge in [0.05, 0.1) is 20.5 Å². The Labute approximate surface area is 164 Å². The van der Waals surface area contributed by atoms with Gasteiger partial charge in [-0.05, 0) is 39.3 Å². The lowest BCUT2D eigenvalue weighted by atomic mass is 10.3. The van der Waals surface area contributed by atoms with E-state index in [0.29, 0.717) is 17.9 Å². The molecule has 0 unspecified atom stereocenters. The second kappa shape index (κ2) is 7.97. The highest BCUT2D eigenvalue weighted by atomic mass is 32.1. The zero-order valence-corrected chi connectivity index (χ0v) is 16.8. The molecule has 3 aromatic heterocycles. The Balaban J connectivity index is 1.52. The molecule has 0 saturated carbocycles. The maximum atomic E-state index is 12.1. The first-order valence-electron chi connectivity index (χ1n) is 8.31. The fraction of sp³-hybridized carbons (Fsp3) is 0.353. The van der Waals surface area contributed by atoms with Gasteiger partial charge < -0.3 is 5.32 Å². The molecule has 0 fully saturated rings. The summed E-state index contributed by atoms with van der Waals surface area (Å²) in [5.41, 5.74) is 1.65. The highest BCUT2D eigenvalue weighted by molar-refractivity contribution is 7.16. The van der Waals surface area contributed by atoms with E-state index in [9.17, 15) is 14.9 Å². The van der Waals surface area contributed by atoms with Crippen LogP contribution in [0.4, 0.5) is 5.69 Å². The van der Waals surface area contributed by atoms with Crippen molar-refractivity contribution in [2.75, 3.05) is 6.54 Å². The van der Waals surface area contributed by atoms with Crippen LogP contribution in [0.1, 0.15) is 21.3 Å². The number of carbonyl (C=O) groups excluding carboxylic acids is 1. The van der Waals surface area contributed by atoms with Crippen molar-refractivity contribution in [3.8, 4) is 10.6 Å². The first-order valence-corrected chi connectivity index (χ1v) is 10.0. The summed E-state index contributed by atoms with van der Waals surface area (Å²) in [4.78, 5) is 29.5. The molecule has 0 aliphatic carbocycles. The third-order valence-corrected chi connectivity index (χ3v) is 5.99. The third-order valence-electron chi connectivity index (χ3n) is 4.05. The summed E-state index contributed by atoms with van der Waals surface area (Å²) >= 11 is 3.29. The Kier molecular flexibility index (Phi) is 5.66. The van der Waals surface area contributed by atoms with Crippen molar-refractivity contribution in [2.24, 2.45) is 0 Å². The minimum atomic E-state index is -0.468. The summed E-state index contributed by atoms with van der Waals surface area (Å²) in [5, 5.41) is 21.0. The largest absolute Gasteiger partial charge is 0.354 e. The minimum Gasteiger partial charge on any atom is -0.354 e. The molecule has 3 heterocycles. The predicted molar refractivity (Wildman–Crippen MR) is 105 cm³/mol. The van der Waals surface area contributed by atoms with Crippen LogP contribution in [0.2, 0.25) is 0 Å². The monoisotopic (exact) mass is 405 g/mol. The molecule has 0 radical (unpaired) electrons. The van der Waals surface area contributed by atoms with Crippen molar-refractivity contribution in [1.29, 1.82) is 0 Å². The number of aromatic nitrogens is 3. The lowest BCUT2D eigenvalue weighted by Gasteiger charge is -2.05. The first kappa shape index (κ1) is 19.2. The number of nitrogens with one attached hydrogen (secondary N) is 1. The smallest absolute Gasteiger partial charge is 0.312 e. The number of nitrogens with zero attached hydrogens (tertiary/aromatic N) is 4. The zero-order chi connectivity index (χ0) is 19.6. The van der Waals surface area contributed by atoms with E-state index in [1.165, 1.54) is 4.68 Å². The van der Waals surface area contributed by atoms with Gasteiger partial charge in [-0.2, -0.15) is 5.10 Å². The molecular formula is C17H19N5O3S2. The second-order valence-electron chi connectivity index (χ2n) is 6.05. The summed E-state index contributed by atoms with van der Waals surface area (Å²) in [6, 6.07) is 4.09. The number of hydrogen-bond donors (Lipinski definition) is 1. The van der Waals surface area contributed by atoms with Crippen LogP contribution < -0.4 is 5.32 Å². The van der Waals surface area contributed by atoms with Crippen LogP contribution in [0, 0.1) is 30.9 Å². The minimum absolute atomic E-state index is 0.0334. The molecule has 3 aromatic rings. The van der Waals surface area contributed by atoms with Crippen molar-refractivity contribution in [1.82, 2.24) is 20.1 Å². The quantitative estimate of drug-likeness (QED) is 0.480. The highest BCUT2D eigenvalue weighted by Crippen LogP contribution is 2.29. The molecule has 1 N–H and O–H groups in total. The first-order chi connectivity index (χ1) is 12.8. The van der Waals surface area contributed by atoms with Crippen molar-refractivity contribution in [3.05, 3.63) is 48.9 Å². The molecule has 1 amide bonds. The third kappa shape index (κ3) is 4.40. The van der Waals surface area contributed by atoms with Gasteiger partial charge in [0, 0.05) is 16.8 Å². The van der Waals surface area contributed by atoms with Gasteiger partial charge in [-0.1, -0.05) is 0 Å². The summed E-state index contributed by atoms with van der Waals surface area (Å²) in [7, 11) is 0. The van der Waals surface area contributed by atoms with Crippen LogP contribution in [0.5, 0.6) is 0 Å². The van der Waals surface area contributed by atoms with Crippen LogP contribution in [0.15, 0.2) is 17.5 Å². The molecule has 0 bridgehead atoms. The Morgan fingerprint density at radius 1 is 1.33 bits per heavy atom. The van der Waals surface area contributed by atoms with Crippen LogP contribution in [0.25, 0.3) is 10.6 Å². The Hall–Kier alpha value is -2.59. The summed E-state index contributed by atoms with van der Waals surface area (Å²) < 4.78 is 1.37. The molecule has 8 nitrogen and oxygen atoms in total. The molecule has 0 spiro atoms. The molecule has 0 aliphatic heterocycles. The predicted octanol–water partition coefficient (Wildman–Crippen LogP) is 3.26. The van der Waals surface area contributed by atoms with E-state index >= 15 is 0 Å². The van der Waals surface area contributed by atoms with Crippen LogP contribution in [-0.2, 0) is 17.8 Å². The number of nitro groups is 1. The number of amides is 1. The van der Waals surface area contributed by atoms with Crippen molar-refractivity contribution in [3.63, 3.8) is 0 Å². The summed E-state index contributed by atoms with van der Waals surface area (Å²) in [5.74, 6) is -0.220. The Bertz CT molecular complexity index is 989. The van der Waals surface area contributed by atoms with Gasteiger partial charge in [0.1, 0.15) is 17.9 Å². The van der Waals surface area contributed by atoms with Crippen LogP contribution in [0.3, 0.4) is 0 Å². The van der Waals surface area contributed by atoms with Gasteiger partial charge in [-0.25, -0.2) is 4.98 Å². The van der Waals surface area contributed by atoms with E-state index in [1.54, 1.807) is 36.5 Å². The maximum absolute atomic E-state index is 12.1. The Morgan fingerprint density at radius 3 is 2.74 bits per heavy atom. The van der Waals surface area contributed by atoms with Gasteiger partial charge in [-0.15, -0.1) is 22.7 Å². The average molecular weight is 406 g/mol. The Morgan fingerprint density at radius 2 is 2.11 bits per heavy atom. The van der Waals surface area contributed by atoms with Gasteiger partial charge in [0.15, 0.2) is 0 Å². The van der Waals surface area contributed by atoms with E-state index < -0.39 is 4.92 Å². The molecule has 27 heavy (non-hydrogen) atoms. The molecule has 0 aliphatic rings. The molecule has 0 atom stereocenters. The standard InChI is InChI=1S/C17H19N5O3S2/c1-10-17(22(24)25)11(2)21(20-10)8-16(23)18-7-6-13-4-5-15(27-13)14-9-26-12(3)19-14/h4-5,9H,6-8H2,1-3H3,(H,18,23). The SMILES string of the molecule is Cc1nc(-c2ccc(CCNC(=O)Cn3nc(C)c([N+](=O)[O-])c3C)s2)cs1. The molecule has 0 saturated heterocycles. The van der Waals surface area contributed by atoms with Crippen LogP contribution >= 0.6 is 22.7 Å². The number of aryl methyl sites for hydroxylation is 2. The maximum Gasteiger partial charge on any atom is 0.312 e. The van der Waals surface area contributed by atoms with Gasteiger partial charge in [0.2, 0.25) is 5.91 Å². The molecular weight excluding hydrogens is 386 g/mol. The molecule has 3 rings (SSSR count). The number of thiazole rings is 1. The second-order valence-corrected chi connectivity index (χ2v) is 8.28. The van der Waals surface area contributed by atoms with Crippen molar-refractivity contribution >= 4 is 34.3 Å². The van der Waals surface area contributed by atoms with E-state index in [2.05, 4.69) is 15.4 Å². The highest BCUT2D eigenvalue weighted by Gasteiger charge is 2.22. The topological polar surface area (TPSA) is 103 Å². The lowest BCUT2D eigenvalue weighted by Crippen LogP contribution is -2.30. The fourth-order valence-electron chi connectivity index (χ4n) is 2.75. The van der Waals surface area contributed by atoms with E-state index in [0.717, 1.165) is 26.9 Å². The molecule has 0 aromatic carbocycles. The van der Waals surface area contributed by atoms with E-state index in [1.807, 2.05) is 24.4 Å². The zero-order valence-electron chi connectivity index (χ0n) is 15.2. The van der Waals surface area contributed by atoms with Gasteiger partial charge >= 0.3 is 5.69 Å². The fourth-order valence-corrected chi connectivity index (χ4v) is 4.40. The van der Waals surface area contributed by atoms with Gasteiger partial charge in [0.25, 0.3) is 0 Å². The lowest BCUT2D eigenvalue weighted by molar-refractivity contribution is -0.386. The van der Waals surface area contributed by atoms with Crippen molar-refractivity contribution in [2.45, 2.75) is 33.7 Å². The van der Waals surface area contributed by atoms with Gasteiger partial charge in [-0.3, -0.25) is 19.6 Å². The number of carbonyl (C=O) groups is 1. The molecule has 142 valence electrons. The van der Waals surface area contributed by atoms with E-state index in [-0.39, 0.29) is 18.1 Å². The van der Waals surface area contributed by atoms with Crippen molar-refractivity contribution < 1.29 is 9.72 Å². The van der Waals surface area contributed by atoms with E-state index in [4.69, 9.17) is 0 Å². The normalized spacial score (nSPS) is 10.9. The average Bonchev–Trinajstić information content (AvgIpc) is 3.28. The number of thiophene rings is 1. The summed E-state index contributed by atoms with van der Waals surface area (Å²) in [6.45, 7) is 5.61. The summed E-state index contributed by atoms with van der Waals surface area (Å²) in [6.07, 6.45) is 0.719.